The molecule has 2 aromatic heterocycles. The summed E-state index contributed by atoms with van der Waals surface area (Å²) < 4.78 is 8.97. The van der Waals surface area contributed by atoms with Gasteiger partial charge in [-0.15, -0.1) is 0 Å². The van der Waals surface area contributed by atoms with Crippen LogP contribution >= 0.6 is 0 Å². The first-order valence-corrected chi connectivity index (χ1v) is 7.79. The van der Waals surface area contributed by atoms with Crippen LogP contribution in [-0.4, -0.2) is 27.0 Å². The van der Waals surface area contributed by atoms with E-state index in [4.69, 9.17) is 4.74 Å². The van der Waals surface area contributed by atoms with Gasteiger partial charge in [0.05, 0.1) is 30.4 Å². The zero-order chi connectivity index (χ0) is 16.7. The first-order valence-electron chi connectivity index (χ1n) is 7.79. The van der Waals surface area contributed by atoms with Crippen LogP contribution in [-0.2, 0) is 11.3 Å². The van der Waals surface area contributed by atoms with Crippen LogP contribution in [0.3, 0.4) is 0 Å². The van der Waals surface area contributed by atoms with Gasteiger partial charge in [0.1, 0.15) is 0 Å². The van der Waals surface area contributed by atoms with E-state index < -0.39 is 0 Å². The second kappa shape index (κ2) is 5.53. The molecule has 0 fully saturated rings. The van der Waals surface area contributed by atoms with Crippen LogP contribution in [0.5, 0.6) is 0 Å². The smallest absolute Gasteiger partial charge is 0.357 e. The molecule has 2 heterocycles. The van der Waals surface area contributed by atoms with Gasteiger partial charge in [-0.1, -0.05) is 42.5 Å². The monoisotopic (exact) mass is 319 g/mol. The minimum absolute atomic E-state index is 0.373. The Kier molecular flexibility index (Phi) is 3.34. The van der Waals surface area contributed by atoms with Crippen molar-refractivity contribution >= 4 is 22.8 Å². The van der Waals surface area contributed by atoms with Crippen molar-refractivity contribution in [3.05, 3.63) is 71.5 Å². The summed E-state index contributed by atoms with van der Waals surface area (Å²) in [5, 5.41) is 0. The number of imidazole rings is 2. The summed E-state index contributed by atoms with van der Waals surface area (Å²) in [6, 6.07) is 18.2. The molecular formula is C19H17N3O2. The Hall–Kier alpha value is -3.08. The van der Waals surface area contributed by atoms with Gasteiger partial charge < -0.3 is 9.30 Å². The van der Waals surface area contributed by atoms with Gasteiger partial charge in [-0.05, 0) is 24.6 Å². The van der Waals surface area contributed by atoms with Gasteiger partial charge in [-0.25, -0.2) is 9.78 Å². The minimum Gasteiger partial charge on any atom is -0.464 e. The normalized spacial score (nSPS) is 11.2. The van der Waals surface area contributed by atoms with Gasteiger partial charge in [0.25, 0.3) is 0 Å². The highest BCUT2D eigenvalue weighted by molar-refractivity contribution is 5.93. The Morgan fingerprint density at radius 2 is 1.71 bits per heavy atom. The second-order valence-electron chi connectivity index (χ2n) is 5.73. The maximum atomic E-state index is 12.2. The lowest BCUT2D eigenvalue weighted by atomic mass is 10.2. The van der Waals surface area contributed by atoms with Crippen molar-refractivity contribution in [1.29, 1.82) is 0 Å². The van der Waals surface area contributed by atoms with Gasteiger partial charge in [0.15, 0.2) is 5.69 Å². The number of aryl methyl sites for hydroxylation is 1. The molecule has 120 valence electrons. The van der Waals surface area contributed by atoms with Gasteiger partial charge in [0, 0.05) is 0 Å². The third-order valence-electron chi connectivity index (χ3n) is 4.25. The molecule has 5 heteroatoms. The van der Waals surface area contributed by atoms with E-state index in [2.05, 4.69) is 21.7 Å². The van der Waals surface area contributed by atoms with Crippen LogP contribution in [0.4, 0.5) is 0 Å². The van der Waals surface area contributed by atoms with Crippen molar-refractivity contribution in [3.8, 4) is 0 Å². The van der Waals surface area contributed by atoms with E-state index in [0.717, 1.165) is 16.8 Å². The van der Waals surface area contributed by atoms with Crippen molar-refractivity contribution in [3.63, 3.8) is 0 Å². The topological polar surface area (TPSA) is 48.5 Å². The van der Waals surface area contributed by atoms with Crippen LogP contribution < -0.4 is 0 Å². The van der Waals surface area contributed by atoms with E-state index in [1.54, 1.807) is 0 Å². The van der Waals surface area contributed by atoms with Crippen molar-refractivity contribution in [2.75, 3.05) is 7.11 Å². The number of aromatic nitrogens is 3. The first kappa shape index (κ1) is 14.5. The zero-order valence-corrected chi connectivity index (χ0v) is 13.6. The van der Waals surface area contributed by atoms with Crippen molar-refractivity contribution in [2.24, 2.45) is 0 Å². The van der Waals surface area contributed by atoms with Gasteiger partial charge in [0.2, 0.25) is 5.78 Å². The number of carbonyl (C=O) groups is 1. The molecule has 4 rings (SSSR count). The fourth-order valence-electron chi connectivity index (χ4n) is 3.17. The molecule has 0 saturated carbocycles. The van der Waals surface area contributed by atoms with Crippen LogP contribution in [0.1, 0.15) is 21.7 Å². The molecule has 0 saturated heterocycles. The molecular weight excluding hydrogens is 302 g/mol. The average molecular weight is 319 g/mol. The van der Waals surface area contributed by atoms with E-state index in [-0.39, 0.29) is 5.97 Å². The minimum atomic E-state index is -0.373. The highest BCUT2D eigenvalue weighted by Gasteiger charge is 2.23. The lowest BCUT2D eigenvalue weighted by Crippen LogP contribution is -2.06. The van der Waals surface area contributed by atoms with E-state index in [1.165, 1.54) is 12.7 Å². The van der Waals surface area contributed by atoms with Crippen LogP contribution in [0.25, 0.3) is 16.8 Å². The maximum absolute atomic E-state index is 12.2. The standard InChI is InChI=1S/C19H17N3O2/c1-13-17(18(23)24-2)22-16-11-7-6-10-15(16)21(19(22)20-13)12-14-8-4-3-5-9-14/h3-11H,12H2,1-2H3. The zero-order valence-electron chi connectivity index (χ0n) is 13.6. The SMILES string of the molecule is COC(=O)c1c(C)nc2n(Cc3ccccc3)c3ccccc3n12. The molecule has 0 bridgehead atoms. The van der Waals surface area contributed by atoms with Crippen LogP contribution in [0.15, 0.2) is 54.6 Å². The van der Waals surface area contributed by atoms with Gasteiger partial charge in [-0.3, -0.25) is 4.40 Å². The molecule has 5 nitrogen and oxygen atoms in total. The summed E-state index contributed by atoms with van der Waals surface area (Å²) in [5.74, 6) is 0.376. The first-order chi connectivity index (χ1) is 11.7. The summed E-state index contributed by atoms with van der Waals surface area (Å²) in [5.41, 5.74) is 4.32. The number of methoxy groups -OCH3 is 1. The number of rotatable bonds is 3. The van der Waals surface area contributed by atoms with E-state index in [1.807, 2.05) is 53.8 Å². The summed E-state index contributed by atoms with van der Waals surface area (Å²) in [4.78, 5) is 16.9. The highest BCUT2D eigenvalue weighted by Crippen LogP contribution is 2.25. The Morgan fingerprint density at radius 3 is 2.42 bits per heavy atom. The predicted octanol–water partition coefficient (Wildman–Crippen LogP) is 3.43. The highest BCUT2D eigenvalue weighted by atomic mass is 16.5. The third kappa shape index (κ3) is 2.09. The van der Waals surface area contributed by atoms with E-state index in [9.17, 15) is 4.79 Å². The lowest BCUT2D eigenvalue weighted by molar-refractivity contribution is 0.0592. The molecule has 0 atom stereocenters. The molecule has 0 unspecified atom stereocenters. The van der Waals surface area contributed by atoms with Crippen molar-refractivity contribution < 1.29 is 9.53 Å². The summed E-state index contributed by atoms with van der Waals surface area (Å²) >= 11 is 0. The van der Waals surface area contributed by atoms with Crippen LogP contribution in [0.2, 0.25) is 0 Å². The number of fused-ring (bicyclic) bond motifs is 3. The number of para-hydroxylation sites is 2. The summed E-state index contributed by atoms with van der Waals surface area (Å²) in [7, 11) is 1.39. The lowest BCUT2D eigenvalue weighted by Gasteiger charge is -2.05. The molecule has 0 aliphatic rings. The molecule has 2 aromatic carbocycles. The van der Waals surface area contributed by atoms with Crippen molar-refractivity contribution in [1.82, 2.24) is 14.0 Å². The number of hydrogen-bond donors (Lipinski definition) is 0. The molecule has 0 spiro atoms. The number of ether oxygens (including phenoxy) is 1. The van der Waals surface area contributed by atoms with Gasteiger partial charge in [-0.2, -0.15) is 0 Å². The molecule has 0 aliphatic heterocycles. The maximum Gasteiger partial charge on any atom is 0.357 e. The molecule has 0 aliphatic carbocycles. The number of benzene rings is 2. The second-order valence-corrected chi connectivity index (χ2v) is 5.73. The molecule has 0 N–H and O–H groups in total. The number of carbonyl (C=O) groups excluding carboxylic acids is 1. The third-order valence-corrected chi connectivity index (χ3v) is 4.25. The van der Waals surface area contributed by atoms with Crippen molar-refractivity contribution in [2.45, 2.75) is 13.5 Å². The van der Waals surface area contributed by atoms with E-state index in [0.29, 0.717) is 17.9 Å². The fraction of sp³-hybridized carbons (Fsp3) is 0.158. The number of hydrogen-bond acceptors (Lipinski definition) is 3. The Morgan fingerprint density at radius 1 is 1.04 bits per heavy atom. The Labute approximate surface area is 139 Å². The predicted molar refractivity (Wildman–Crippen MR) is 92.3 cm³/mol. The molecule has 4 aromatic rings. The number of nitrogens with zero attached hydrogens (tertiary/aromatic N) is 3. The van der Waals surface area contributed by atoms with E-state index >= 15 is 0 Å². The summed E-state index contributed by atoms with van der Waals surface area (Å²) in [6.45, 7) is 2.52. The van der Waals surface area contributed by atoms with Crippen LogP contribution in [0, 0.1) is 6.92 Å². The number of esters is 1. The molecule has 0 radical (unpaired) electrons. The quantitative estimate of drug-likeness (QED) is 0.544. The largest absolute Gasteiger partial charge is 0.464 e. The molecule has 24 heavy (non-hydrogen) atoms. The van der Waals surface area contributed by atoms with Gasteiger partial charge >= 0.3 is 5.97 Å². The fourth-order valence-corrected chi connectivity index (χ4v) is 3.17. The Bertz CT molecular complexity index is 1040. The Balaban J connectivity index is 2.03. The molecule has 0 amide bonds. The average Bonchev–Trinajstić information content (AvgIpc) is 3.10. The summed E-state index contributed by atoms with van der Waals surface area (Å²) in [6.07, 6.45) is 0.